The van der Waals surface area contributed by atoms with Crippen molar-refractivity contribution in [3.63, 3.8) is 0 Å². The number of nitrogens with zero attached hydrogens (tertiary/aromatic N) is 1. The van der Waals surface area contributed by atoms with Crippen molar-refractivity contribution < 1.29 is 14.4 Å². The van der Waals surface area contributed by atoms with Gasteiger partial charge in [0, 0.05) is 13.1 Å². The molecule has 1 aliphatic carbocycles. The van der Waals surface area contributed by atoms with Crippen LogP contribution >= 0.6 is 0 Å². The molecule has 1 saturated carbocycles. The molecular weight excluding hydrogens is 356 g/mol. The molecule has 1 spiro atoms. The molecule has 1 saturated heterocycles. The molecule has 0 unspecified atom stereocenters. The van der Waals surface area contributed by atoms with Crippen LogP contribution in [0, 0.1) is 0 Å². The minimum atomic E-state index is -0.662. The van der Waals surface area contributed by atoms with Gasteiger partial charge in [0.2, 0.25) is 0 Å². The minimum Gasteiger partial charge on any atom is -0.338 e. The first-order valence-corrected chi connectivity index (χ1v) is 10.3. The highest BCUT2D eigenvalue weighted by molar-refractivity contribution is 6.07. The molecule has 1 atom stereocenters. The third-order valence-electron chi connectivity index (χ3n) is 5.63. The summed E-state index contributed by atoms with van der Waals surface area (Å²) in [6.45, 7) is 2.82. The summed E-state index contributed by atoms with van der Waals surface area (Å²) in [7, 11) is 0. The molecular formula is C21H30N4O3. The van der Waals surface area contributed by atoms with Gasteiger partial charge >= 0.3 is 12.1 Å². The molecule has 0 aromatic heterocycles. The number of hydrogen-bond acceptors (Lipinski definition) is 3. The Morgan fingerprint density at radius 2 is 1.93 bits per heavy atom. The third-order valence-corrected chi connectivity index (χ3v) is 5.63. The maximum absolute atomic E-state index is 12.6. The number of rotatable bonds is 8. The van der Waals surface area contributed by atoms with Crippen LogP contribution < -0.4 is 16.0 Å². The standard InChI is InChI=1S/C21H30N4O3/c1-2-9-17(16-10-4-3-5-11-16)23-19(27)22-14-8-15-25-18(26)21(24-20(25)28)12-6-7-13-21/h3-5,10-11,17H,2,6-9,12-15H2,1H3,(H,24,28)(H2,22,23,27)/t17-/m0/s1. The maximum atomic E-state index is 12.6. The van der Waals surface area contributed by atoms with Crippen LogP contribution in [0.2, 0.25) is 0 Å². The Morgan fingerprint density at radius 3 is 2.61 bits per heavy atom. The summed E-state index contributed by atoms with van der Waals surface area (Å²) in [5.41, 5.74) is 0.422. The van der Waals surface area contributed by atoms with Gasteiger partial charge in [-0.15, -0.1) is 0 Å². The summed E-state index contributed by atoms with van der Waals surface area (Å²) in [6.07, 6.45) is 5.77. The Bertz CT molecular complexity index is 701. The van der Waals surface area contributed by atoms with Gasteiger partial charge in [0.25, 0.3) is 5.91 Å². The molecule has 152 valence electrons. The second-order valence-electron chi connectivity index (χ2n) is 7.68. The van der Waals surface area contributed by atoms with Gasteiger partial charge in [0.15, 0.2) is 0 Å². The molecule has 28 heavy (non-hydrogen) atoms. The van der Waals surface area contributed by atoms with Gasteiger partial charge in [0.05, 0.1) is 6.04 Å². The molecule has 1 aromatic carbocycles. The lowest BCUT2D eigenvalue weighted by molar-refractivity contribution is -0.131. The van der Waals surface area contributed by atoms with Crippen molar-refractivity contribution >= 4 is 18.0 Å². The van der Waals surface area contributed by atoms with Crippen molar-refractivity contribution in [1.29, 1.82) is 0 Å². The molecule has 2 aliphatic rings. The van der Waals surface area contributed by atoms with E-state index in [0.717, 1.165) is 44.1 Å². The third kappa shape index (κ3) is 4.46. The first kappa shape index (κ1) is 20.2. The zero-order valence-corrected chi connectivity index (χ0v) is 16.5. The Morgan fingerprint density at radius 1 is 1.21 bits per heavy atom. The van der Waals surface area contributed by atoms with Crippen LogP contribution in [0.5, 0.6) is 0 Å². The zero-order chi connectivity index (χ0) is 20.0. The lowest BCUT2D eigenvalue weighted by atomic mass is 9.98. The van der Waals surface area contributed by atoms with Gasteiger partial charge in [0.1, 0.15) is 5.54 Å². The van der Waals surface area contributed by atoms with E-state index in [2.05, 4.69) is 22.9 Å². The van der Waals surface area contributed by atoms with Crippen molar-refractivity contribution in [1.82, 2.24) is 20.9 Å². The average molecular weight is 386 g/mol. The van der Waals surface area contributed by atoms with Crippen molar-refractivity contribution in [3.05, 3.63) is 35.9 Å². The van der Waals surface area contributed by atoms with Gasteiger partial charge in [-0.3, -0.25) is 9.69 Å². The van der Waals surface area contributed by atoms with Crippen LogP contribution in [-0.2, 0) is 4.79 Å². The average Bonchev–Trinajstić information content (AvgIpc) is 3.25. The van der Waals surface area contributed by atoms with Gasteiger partial charge < -0.3 is 16.0 Å². The zero-order valence-electron chi connectivity index (χ0n) is 16.5. The first-order chi connectivity index (χ1) is 13.6. The highest BCUT2D eigenvalue weighted by atomic mass is 16.2. The van der Waals surface area contributed by atoms with E-state index in [9.17, 15) is 14.4 Å². The SMILES string of the molecule is CCC[C@H](NC(=O)NCCCN1C(=O)NC2(CCCC2)C1=O)c1ccccc1. The number of imide groups is 1. The van der Waals surface area contributed by atoms with Gasteiger partial charge in [-0.05, 0) is 31.2 Å². The van der Waals surface area contributed by atoms with E-state index in [1.54, 1.807) is 0 Å². The molecule has 7 nitrogen and oxygen atoms in total. The van der Waals surface area contributed by atoms with E-state index < -0.39 is 5.54 Å². The molecule has 2 fully saturated rings. The summed E-state index contributed by atoms with van der Waals surface area (Å²) in [6, 6.07) is 9.35. The van der Waals surface area contributed by atoms with Gasteiger partial charge in [-0.2, -0.15) is 0 Å². The van der Waals surface area contributed by atoms with E-state index >= 15 is 0 Å². The fourth-order valence-corrected chi connectivity index (χ4v) is 4.14. The smallest absolute Gasteiger partial charge is 0.325 e. The van der Waals surface area contributed by atoms with E-state index in [4.69, 9.17) is 0 Å². The van der Waals surface area contributed by atoms with E-state index in [1.807, 2.05) is 30.3 Å². The normalized spacial score (nSPS) is 19.0. The largest absolute Gasteiger partial charge is 0.338 e. The van der Waals surface area contributed by atoms with Crippen LogP contribution in [0.1, 0.15) is 63.5 Å². The molecule has 1 aromatic rings. The molecule has 3 N–H and O–H groups in total. The van der Waals surface area contributed by atoms with Crippen molar-refractivity contribution in [2.45, 2.75) is 63.5 Å². The molecule has 1 aliphatic heterocycles. The van der Waals surface area contributed by atoms with Crippen LogP contribution in [0.15, 0.2) is 30.3 Å². The van der Waals surface area contributed by atoms with Gasteiger partial charge in [-0.25, -0.2) is 9.59 Å². The number of nitrogens with one attached hydrogen (secondary N) is 3. The molecule has 1 heterocycles. The van der Waals surface area contributed by atoms with Crippen molar-refractivity contribution in [2.75, 3.05) is 13.1 Å². The number of urea groups is 2. The molecule has 3 rings (SSSR count). The quantitative estimate of drug-likeness (QED) is 0.474. The summed E-state index contributed by atoms with van der Waals surface area (Å²) in [4.78, 5) is 38.3. The van der Waals surface area contributed by atoms with Gasteiger partial charge in [-0.1, -0.05) is 56.5 Å². The summed E-state index contributed by atoms with van der Waals surface area (Å²) >= 11 is 0. The van der Waals surface area contributed by atoms with E-state index in [0.29, 0.717) is 19.5 Å². The topological polar surface area (TPSA) is 90.5 Å². The maximum Gasteiger partial charge on any atom is 0.325 e. The molecule has 0 radical (unpaired) electrons. The predicted octanol–water partition coefficient (Wildman–Crippen LogP) is 3.08. The second kappa shape index (κ2) is 9.08. The highest BCUT2D eigenvalue weighted by Gasteiger charge is 2.51. The molecule has 5 amide bonds. The lowest BCUT2D eigenvalue weighted by Crippen LogP contribution is -2.44. The fraction of sp³-hybridized carbons (Fsp3) is 0.571. The van der Waals surface area contributed by atoms with Crippen LogP contribution in [-0.4, -0.2) is 41.5 Å². The summed E-state index contributed by atoms with van der Waals surface area (Å²) in [5.74, 6) is -0.105. The first-order valence-electron chi connectivity index (χ1n) is 10.3. The van der Waals surface area contributed by atoms with Crippen molar-refractivity contribution in [2.24, 2.45) is 0 Å². The van der Waals surface area contributed by atoms with Crippen molar-refractivity contribution in [3.8, 4) is 0 Å². The molecule has 0 bridgehead atoms. The summed E-state index contributed by atoms with van der Waals surface area (Å²) in [5, 5.41) is 8.72. The fourth-order valence-electron chi connectivity index (χ4n) is 4.14. The van der Waals surface area contributed by atoms with Crippen LogP contribution in [0.25, 0.3) is 0 Å². The number of carbonyl (C=O) groups is 3. The predicted molar refractivity (Wildman–Crippen MR) is 107 cm³/mol. The number of carbonyl (C=O) groups excluding carboxylic acids is 3. The molecule has 7 heteroatoms. The monoisotopic (exact) mass is 386 g/mol. The Kier molecular flexibility index (Phi) is 6.54. The Hall–Kier alpha value is -2.57. The number of amides is 5. The Balaban J connectivity index is 1.43. The van der Waals surface area contributed by atoms with Crippen LogP contribution in [0.3, 0.4) is 0 Å². The van der Waals surface area contributed by atoms with Crippen LogP contribution in [0.4, 0.5) is 9.59 Å². The minimum absolute atomic E-state index is 0.0284. The van der Waals surface area contributed by atoms with E-state index in [1.165, 1.54) is 4.90 Å². The number of hydrogen-bond donors (Lipinski definition) is 3. The Labute approximate surface area is 166 Å². The summed E-state index contributed by atoms with van der Waals surface area (Å²) < 4.78 is 0. The lowest BCUT2D eigenvalue weighted by Gasteiger charge is -2.20. The van der Waals surface area contributed by atoms with E-state index in [-0.39, 0.29) is 24.0 Å². The highest BCUT2D eigenvalue weighted by Crippen LogP contribution is 2.34. The second-order valence-corrected chi connectivity index (χ2v) is 7.68. The number of benzene rings is 1.